The highest BCUT2D eigenvalue weighted by Gasteiger charge is 2.20. The van der Waals surface area contributed by atoms with E-state index in [9.17, 15) is 4.79 Å². The van der Waals surface area contributed by atoms with E-state index in [4.69, 9.17) is 0 Å². The molecule has 1 fully saturated rings. The van der Waals surface area contributed by atoms with Gasteiger partial charge >= 0.3 is 5.97 Å². The van der Waals surface area contributed by atoms with Gasteiger partial charge in [0.2, 0.25) is 0 Å². The van der Waals surface area contributed by atoms with E-state index in [0.29, 0.717) is 6.54 Å². The maximum atomic E-state index is 11.2. The molecule has 0 spiro atoms. The van der Waals surface area contributed by atoms with E-state index in [1.165, 1.54) is 39.2 Å². The first-order valence-electron chi connectivity index (χ1n) is 6.60. The van der Waals surface area contributed by atoms with Gasteiger partial charge in [0.25, 0.3) is 0 Å². The quantitative estimate of drug-likeness (QED) is 0.606. The van der Waals surface area contributed by atoms with Gasteiger partial charge in [0.1, 0.15) is 4.83 Å². The third kappa shape index (κ3) is 5.38. The number of halogens is 1. The van der Waals surface area contributed by atoms with E-state index in [-0.39, 0.29) is 10.8 Å². The average molecular weight is 306 g/mol. The minimum Gasteiger partial charge on any atom is -0.468 e. The molecule has 17 heavy (non-hydrogen) atoms. The largest absolute Gasteiger partial charge is 0.468 e. The van der Waals surface area contributed by atoms with Crippen molar-refractivity contribution in [3.63, 3.8) is 0 Å². The molecule has 1 rings (SSSR count). The first-order chi connectivity index (χ1) is 8.17. The molecule has 0 amide bonds. The molecule has 1 unspecified atom stereocenters. The minimum absolute atomic E-state index is 0.202. The Kier molecular flexibility index (Phi) is 7.12. The van der Waals surface area contributed by atoms with Crippen molar-refractivity contribution in [1.29, 1.82) is 0 Å². The third-order valence-electron chi connectivity index (χ3n) is 3.76. The summed E-state index contributed by atoms with van der Waals surface area (Å²) < 4.78 is 4.66. The van der Waals surface area contributed by atoms with Gasteiger partial charge in [0, 0.05) is 6.54 Å². The van der Waals surface area contributed by atoms with E-state index in [1.807, 2.05) is 0 Å². The Morgan fingerprint density at radius 2 is 1.94 bits per heavy atom. The second kappa shape index (κ2) is 8.09. The fraction of sp³-hybridized carbons (Fsp3) is 0.923. The van der Waals surface area contributed by atoms with Gasteiger partial charge in [-0.15, -0.1) is 0 Å². The number of alkyl halides is 1. The van der Waals surface area contributed by atoms with Crippen molar-refractivity contribution < 1.29 is 9.53 Å². The van der Waals surface area contributed by atoms with Gasteiger partial charge in [-0.3, -0.25) is 4.79 Å². The monoisotopic (exact) mass is 305 g/mol. The molecule has 0 saturated heterocycles. The fourth-order valence-corrected chi connectivity index (χ4v) is 2.89. The van der Waals surface area contributed by atoms with Gasteiger partial charge in [0.05, 0.1) is 7.11 Å². The predicted molar refractivity (Wildman–Crippen MR) is 73.3 cm³/mol. The number of rotatable bonds is 6. The highest BCUT2D eigenvalue weighted by Crippen LogP contribution is 2.30. The van der Waals surface area contributed by atoms with Crippen molar-refractivity contribution in [1.82, 2.24) is 5.32 Å². The van der Waals surface area contributed by atoms with Gasteiger partial charge in [-0.1, -0.05) is 42.1 Å². The molecular weight excluding hydrogens is 282 g/mol. The third-order valence-corrected chi connectivity index (χ3v) is 4.45. The minimum atomic E-state index is -0.223. The molecule has 1 saturated carbocycles. The van der Waals surface area contributed by atoms with Gasteiger partial charge in [0.15, 0.2) is 0 Å². The number of hydrogen-bond donors (Lipinski definition) is 1. The molecule has 0 heterocycles. The Hall–Kier alpha value is -0.0900. The molecule has 4 heteroatoms. The van der Waals surface area contributed by atoms with Crippen LogP contribution >= 0.6 is 15.9 Å². The molecule has 1 atom stereocenters. The highest BCUT2D eigenvalue weighted by molar-refractivity contribution is 9.10. The number of hydrogen-bond acceptors (Lipinski definition) is 3. The first-order valence-corrected chi connectivity index (χ1v) is 7.51. The number of carbonyl (C=O) groups excluding carboxylic acids is 1. The van der Waals surface area contributed by atoms with Gasteiger partial charge in [-0.05, 0) is 31.2 Å². The summed E-state index contributed by atoms with van der Waals surface area (Å²) in [6.45, 7) is 3.96. The maximum absolute atomic E-state index is 11.2. The summed E-state index contributed by atoms with van der Waals surface area (Å²) in [6.07, 6.45) is 6.73. The van der Waals surface area contributed by atoms with Crippen molar-refractivity contribution in [3.05, 3.63) is 0 Å². The lowest BCUT2D eigenvalue weighted by Crippen LogP contribution is -2.34. The van der Waals surface area contributed by atoms with Crippen LogP contribution in [0.15, 0.2) is 0 Å². The zero-order valence-electron chi connectivity index (χ0n) is 10.9. The Morgan fingerprint density at radius 3 is 2.47 bits per heavy atom. The van der Waals surface area contributed by atoms with Crippen molar-refractivity contribution >= 4 is 21.9 Å². The number of esters is 1. The highest BCUT2D eigenvalue weighted by atomic mass is 79.9. The van der Waals surface area contributed by atoms with Crippen LogP contribution in [0.3, 0.4) is 0 Å². The predicted octanol–water partition coefficient (Wildman–Crippen LogP) is 2.73. The summed E-state index contributed by atoms with van der Waals surface area (Å²) in [5.41, 5.74) is 0. The molecular formula is C13H24BrNO2. The summed E-state index contributed by atoms with van der Waals surface area (Å²) in [5, 5.41) is 3.36. The van der Waals surface area contributed by atoms with Crippen LogP contribution in [-0.2, 0) is 9.53 Å². The Labute approximate surface area is 113 Å². The molecule has 1 aliphatic rings. The van der Waals surface area contributed by atoms with E-state index in [2.05, 4.69) is 32.9 Å². The van der Waals surface area contributed by atoms with E-state index < -0.39 is 0 Å². The van der Waals surface area contributed by atoms with Crippen LogP contribution < -0.4 is 5.32 Å². The molecule has 100 valence electrons. The summed E-state index contributed by atoms with van der Waals surface area (Å²) >= 11 is 3.31. The first kappa shape index (κ1) is 15.0. The smallest absolute Gasteiger partial charge is 0.320 e. The van der Waals surface area contributed by atoms with Crippen LogP contribution in [0.25, 0.3) is 0 Å². The molecule has 0 aromatic rings. The summed E-state index contributed by atoms with van der Waals surface area (Å²) in [4.78, 5) is 10.9. The van der Waals surface area contributed by atoms with Crippen LogP contribution in [0.4, 0.5) is 0 Å². The zero-order valence-corrected chi connectivity index (χ0v) is 12.5. The topological polar surface area (TPSA) is 38.3 Å². The fourth-order valence-electron chi connectivity index (χ4n) is 2.47. The van der Waals surface area contributed by atoms with Crippen molar-refractivity contribution in [2.24, 2.45) is 11.8 Å². The summed E-state index contributed by atoms with van der Waals surface area (Å²) in [6, 6.07) is 0. The van der Waals surface area contributed by atoms with Crippen LogP contribution in [0.1, 0.15) is 39.0 Å². The lowest BCUT2D eigenvalue weighted by Gasteiger charge is -2.28. The van der Waals surface area contributed by atoms with Crippen LogP contribution in [0.2, 0.25) is 0 Å². The summed E-state index contributed by atoms with van der Waals surface area (Å²) in [7, 11) is 1.42. The van der Waals surface area contributed by atoms with Crippen molar-refractivity contribution in [2.75, 3.05) is 20.2 Å². The number of carbonyl (C=O) groups is 1. The number of ether oxygens (including phenoxy) is 1. The van der Waals surface area contributed by atoms with Crippen LogP contribution in [-0.4, -0.2) is 31.0 Å². The normalized spacial score (nSPS) is 26.5. The van der Waals surface area contributed by atoms with Gasteiger partial charge in [-0.25, -0.2) is 0 Å². The SMILES string of the molecule is CCC1CCC(CNCC(Br)C(=O)OC)CC1. The molecule has 0 aliphatic heterocycles. The van der Waals surface area contributed by atoms with Crippen molar-refractivity contribution in [2.45, 2.75) is 43.9 Å². The maximum Gasteiger partial charge on any atom is 0.320 e. The Balaban J connectivity index is 2.09. The average Bonchev–Trinajstić information content (AvgIpc) is 2.38. The zero-order chi connectivity index (χ0) is 12.7. The number of nitrogens with one attached hydrogen (secondary N) is 1. The molecule has 3 nitrogen and oxygen atoms in total. The second-order valence-electron chi connectivity index (χ2n) is 4.94. The van der Waals surface area contributed by atoms with Gasteiger partial charge in [-0.2, -0.15) is 0 Å². The Bertz CT molecular complexity index is 227. The lowest BCUT2D eigenvalue weighted by molar-refractivity contribution is -0.139. The molecule has 0 aromatic carbocycles. The van der Waals surface area contributed by atoms with Crippen molar-refractivity contribution in [3.8, 4) is 0 Å². The van der Waals surface area contributed by atoms with E-state index >= 15 is 0 Å². The molecule has 0 aromatic heterocycles. The van der Waals surface area contributed by atoms with E-state index in [1.54, 1.807) is 0 Å². The Morgan fingerprint density at radius 1 is 1.35 bits per heavy atom. The number of methoxy groups -OCH3 is 1. The molecule has 1 aliphatic carbocycles. The van der Waals surface area contributed by atoms with Gasteiger partial charge < -0.3 is 10.1 Å². The second-order valence-corrected chi connectivity index (χ2v) is 6.05. The molecule has 1 N–H and O–H groups in total. The van der Waals surface area contributed by atoms with E-state index in [0.717, 1.165) is 18.4 Å². The van der Waals surface area contributed by atoms with Crippen LogP contribution in [0.5, 0.6) is 0 Å². The standard InChI is InChI=1S/C13H24BrNO2/c1-3-10-4-6-11(7-5-10)8-15-9-12(14)13(16)17-2/h10-12,15H,3-9H2,1-2H3. The molecule has 0 bridgehead atoms. The lowest BCUT2D eigenvalue weighted by atomic mass is 9.81. The molecule has 0 radical (unpaired) electrons. The summed E-state index contributed by atoms with van der Waals surface area (Å²) in [5.74, 6) is 1.53. The van der Waals surface area contributed by atoms with Crippen LogP contribution in [0, 0.1) is 11.8 Å².